The highest BCUT2D eigenvalue weighted by molar-refractivity contribution is 7.73. The first-order chi connectivity index (χ1) is 62.0. The van der Waals surface area contributed by atoms with E-state index in [-0.39, 0.29) is 39.3 Å². The molecule has 0 radical (unpaired) electrons. The van der Waals surface area contributed by atoms with Gasteiger partial charge in [-0.3, -0.25) is 52.2 Å². The van der Waals surface area contributed by atoms with E-state index in [1.165, 1.54) is 46.1 Å². The third-order valence-electron chi connectivity index (χ3n) is 22.6. The van der Waals surface area contributed by atoms with E-state index >= 15 is 0 Å². The Morgan fingerprint density at radius 2 is 0.667 bits per heavy atom. The van der Waals surface area contributed by atoms with E-state index < -0.39 is 150 Å². The van der Waals surface area contributed by atoms with E-state index in [0.717, 1.165) is 56.5 Å². The second-order valence-electron chi connectivity index (χ2n) is 37.3. The minimum absolute atomic E-state index is 0.158. The van der Waals surface area contributed by atoms with Crippen LogP contribution in [0.5, 0.6) is 11.8 Å². The van der Waals surface area contributed by atoms with Gasteiger partial charge >= 0.3 is 0 Å². The number of hydrogen-bond donors (Lipinski definition) is 15. The summed E-state index contributed by atoms with van der Waals surface area (Å²) in [6.07, 6.45) is 23.4. The van der Waals surface area contributed by atoms with Crippen molar-refractivity contribution in [2.24, 2.45) is 0 Å². The van der Waals surface area contributed by atoms with Crippen molar-refractivity contribution in [2.45, 2.75) is 215 Å². The fourth-order valence-electron chi connectivity index (χ4n) is 15.5. The molecular formula is C84H135ClN23O19P5. The minimum Gasteiger partial charge on any atom is -0.479 e. The van der Waals surface area contributed by atoms with Crippen molar-refractivity contribution >= 4 is 151 Å². The number of nitrogens with one attached hydrogen (secondary N) is 6. The van der Waals surface area contributed by atoms with Crippen molar-refractivity contribution in [3.05, 3.63) is 74.3 Å². The molecule has 0 amide bonds. The van der Waals surface area contributed by atoms with Crippen LogP contribution in [0.25, 0.3) is 55.8 Å². The molecule has 0 bridgehead atoms. The Morgan fingerprint density at radius 3 is 0.970 bits per heavy atom. The number of anilines is 3. The van der Waals surface area contributed by atoms with Crippen molar-refractivity contribution < 1.29 is 79.1 Å². The topological polar surface area (TPSA) is 561 Å². The molecule has 15 heterocycles. The van der Waals surface area contributed by atoms with Gasteiger partial charge in [0.1, 0.15) is 72.0 Å². The number of H-pyrrole nitrogens is 3. The summed E-state index contributed by atoms with van der Waals surface area (Å²) in [7, 11) is 1.52. The summed E-state index contributed by atoms with van der Waals surface area (Å²) in [5.41, 5.74) is 2.44. The van der Waals surface area contributed by atoms with Gasteiger partial charge in [-0.15, -0.1) is 77.5 Å². The van der Waals surface area contributed by atoms with E-state index in [2.05, 4.69) is 196 Å². The Hall–Kier alpha value is -7.62. The summed E-state index contributed by atoms with van der Waals surface area (Å²) in [6.45, 7) is 28.9. The number of aromatic amines is 3. The first-order valence-electron chi connectivity index (χ1n) is 44.2. The van der Waals surface area contributed by atoms with Gasteiger partial charge in [-0.2, -0.15) is 24.9 Å². The SMILES string of the molecule is C=P(C)(C)CC[C@H]1O[C@@H](n2cnc3c(=O)[nH]c(NCC)nc32)[C@H](O)[C@@H]1O.C=P(C)(C)CC[C@H]1O[C@@H](n2cnc3c(=O)[nH]c(NCCC)nc32)[C@H](O)[C@@H]1O.C=P(C)(C)CC[C@H]1O[C@@H](n2cnc3c(=O)[nH]c(NCCCC)nc32)[C@H](O)[C@@H]1O.C=P(C)(C)CC[C@H]1O[C@@H](n2cnc3c(OC)nc(C)nc32)[C@H](O)[C@@H]1O.C=P(C)(C)CC[C@H]1O[C@@H](n2cnc3c(OCC)nc(C)nc32)[C@H](Cl)[C@@H]1O. The summed E-state index contributed by atoms with van der Waals surface area (Å²) < 4.78 is 48.6. The van der Waals surface area contributed by atoms with Crippen LogP contribution in [-0.4, -0.2) is 397 Å². The fraction of sp³-hybridized carbons (Fsp3) is 0.643. The van der Waals surface area contributed by atoms with Crippen LogP contribution in [0.3, 0.4) is 0 Å². The molecule has 0 saturated carbocycles. The average Bonchev–Trinajstić information content (AvgIpc) is 1.64. The molecule has 5 fully saturated rings. The van der Waals surface area contributed by atoms with Gasteiger partial charge in [0.2, 0.25) is 29.6 Å². The highest BCUT2D eigenvalue weighted by atomic mass is 35.5. The summed E-state index contributed by atoms with van der Waals surface area (Å²) in [5.74, 6) is 2.92. The highest BCUT2D eigenvalue weighted by Crippen LogP contribution is 2.47. The van der Waals surface area contributed by atoms with E-state index in [0.29, 0.717) is 132 Å². The lowest BCUT2D eigenvalue weighted by Crippen LogP contribution is -2.32. The monoisotopic (exact) mass is 1960 g/mol. The maximum Gasteiger partial charge on any atom is 0.280 e. The number of alkyl halides is 1. The number of hydrogen-bond acceptors (Lipinski definition) is 34. The molecule has 0 spiro atoms. The first kappa shape index (κ1) is 105. The number of aryl methyl sites for hydroxylation is 2. The molecule has 10 aromatic rings. The number of unbranched alkanes of at least 4 members (excludes halogenated alkanes) is 1. The predicted molar refractivity (Wildman–Crippen MR) is 529 cm³/mol. The number of fused-ring (bicyclic) bond motifs is 5. The normalized spacial score (nSPS) is 26.3. The van der Waals surface area contributed by atoms with Crippen LogP contribution in [0.4, 0.5) is 17.8 Å². The van der Waals surface area contributed by atoms with Crippen molar-refractivity contribution in [3.8, 4) is 11.8 Å². The molecular weight excluding hydrogens is 1830 g/mol. The van der Waals surface area contributed by atoms with Gasteiger partial charge in [-0.1, -0.05) is 20.3 Å². The van der Waals surface area contributed by atoms with Crippen molar-refractivity contribution in [1.82, 2.24) is 97.6 Å². The number of nitrogens with zero attached hydrogens (tertiary/aromatic N) is 17. The molecule has 10 aromatic heterocycles. The lowest BCUT2D eigenvalue weighted by molar-refractivity contribution is -0.0353. The maximum atomic E-state index is 12.3. The molecule has 42 nitrogen and oxygen atoms in total. The molecule has 132 heavy (non-hydrogen) atoms. The van der Waals surface area contributed by atoms with Crippen LogP contribution in [0.1, 0.15) is 122 Å². The number of aliphatic hydroxyl groups excluding tert-OH is 9. The summed E-state index contributed by atoms with van der Waals surface area (Å²) in [5, 5.41) is 103. The Morgan fingerprint density at radius 1 is 0.386 bits per heavy atom. The predicted octanol–water partition coefficient (Wildman–Crippen LogP) is 5.34. The lowest BCUT2D eigenvalue weighted by atomic mass is 10.1. The number of aliphatic hydroxyl groups is 9. The Balaban J connectivity index is 0.000000159. The summed E-state index contributed by atoms with van der Waals surface area (Å²) in [6, 6.07) is 0. The summed E-state index contributed by atoms with van der Waals surface area (Å²) in [4.78, 5) is 96.2. The maximum absolute atomic E-state index is 12.3. The number of imidazole rings is 5. The molecule has 0 unspecified atom stereocenters. The smallest absolute Gasteiger partial charge is 0.280 e. The molecule has 5 aliphatic heterocycles. The van der Waals surface area contributed by atoms with Crippen LogP contribution in [0.15, 0.2) is 46.0 Å². The molecule has 15 rings (SSSR count). The van der Waals surface area contributed by atoms with Gasteiger partial charge in [0.05, 0.1) is 75.9 Å². The Kier molecular flexibility index (Phi) is 35.1. The lowest BCUT2D eigenvalue weighted by Gasteiger charge is -2.19. The third kappa shape index (κ3) is 25.8. The van der Waals surface area contributed by atoms with Gasteiger partial charge in [0.15, 0.2) is 87.0 Å². The summed E-state index contributed by atoms with van der Waals surface area (Å²) >= 11 is 6.50. The number of halogens is 1. The molecule has 15 N–H and O–H groups in total. The second kappa shape index (κ2) is 44.2. The van der Waals surface area contributed by atoms with E-state index in [4.69, 9.17) is 44.8 Å². The van der Waals surface area contributed by atoms with Crippen LogP contribution < -0.4 is 42.1 Å². The molecule has 20 atom stereocenters. The molecule has 5 aliphatic rings. The zero-order valence-corrected chi connectivity index (χ0v) is 83.5. The van der Waals surface area contributed by atoms with Crippen molar-refractivity contribution in [1.29, 1.82) is 0 Å². The third-order valence-corrected chi connectivity index (χ3v) is 30.4. The highest BCUT2D eigenvalue weighted by Gasteiger charge is 2.49. The number of methoxy groups -OCH3 is 1. The second-order valence-corrected chi connectivity index (χ2v) is 59.4. The Labute approximate surface area is 771 Å². The van der Waals surface area contributed by atoms with Gasteiger partial charge in [0, 0.05) is 19.6 Å². The molecule has 732 valence electrons. The zero-order chi connectivity index (χ0) is 96.7. The number of ether oxygens (including phenoxy) is 7. The average molecular weight is 1960 g/mol. The van der Waals surface area contributed by atoms with E-state index in [9.17, 15) is 60.3 Å². The van der Waals surface area contributed by atoms with E-state index in [1.807, 2.05) is 20.8 Å². The molecule has 0 aromatic carbocycles. The van der Waals surface area contributed by atoms with Crippen molar-refractivity contribution in [3.63, 3.8) is 0 Å². The number of aromatic nitrogens is 20. The molecule has 0 aliphatic carbocycles. The quantitative estimate of drug-likeness (QED) is 0.0144. The van der Waals surface area contributed by atoms with Crippen LogP contribution >= 0.6 is 46.0 Å². The zero-order valence-electron chi connectivity index (χ0n) is 78.3. The standard InChI is InChI=1S/C18H30N5O4P.C17H26ClN4O3P.C17H28N5O4P.C16H26N5O4P.C16H25N4O4P/c1-5-6-8-19-18-21-15-12(16(26)22-18)20-10-23(15)17-14(25)13(24)11(27-17)7-9-28(2,3)4;1-6-24-16-13-15(20-10(2)21-16)22(9-19-13)17-12(18)14(23)11(25-17)7-8-26(3,4)5;1-5-7-18-17-20-14-11(15(25)21-17)19-9-22(14)16-13(24)12(23)10(26-16)6-8-27(2,3)4;1-5-17-16-19-13-10(14(24)20-16)18-8-21(13)15-12(23)11(22)9(25-15)6-7-26(2,3)4;1-9-18-14-11(15(19-9)23-2)17-8-20(14)16-13(22)12(21)10(24-16)6-7-25(3,4)5/h10-11,13-14,17,24-25H,2,5-9H2,1,3-4H3,(H2,19,21,22,26);9,11-12,14,17,23H,3,6-8H2,1-2,4-5H3;9-10,12-13,16,23-24H,2,5-8H2,1,3-4H3,(H2,18,20,21,25);8-9,11-12,15,22-23H,2,5-7H2,1,3-4H3,(H2,17,19,20,24);8,10,12-13,16,21-22H,3,6-7H2,1-2,4-5H3/t11-,13-,14-,17-;11-,12-,14-,17-;10-,12-,13-,16-;9-,11-,12-,15-;10-,12-,13-,16-/m11111/s1. The van der Waals surface area contributed by atoms with Crippen LogP contribution in [0, 0.1) is 13.8 Å². The first-order valence-corrected chi connectivity index (χ1v) is 59.9. The van der Waals surface area contributed by atoms with Gasteiger partial charge in [-0.05, 0) is 170 Å². The van der Waals surface area contributed by atoms with Crippen molar-refractivity contribution in [2.75, 3.05) is 147 Å². The van der Waals surface area contributed by atoms with Crippen LogP contribution in [0.2, 0.25) is 0 Å². The molecule has 5 saturated heterocycles. The van der Waals surface area contributed by atoms with E-state index in [1.54, 1.807) is 29.3 Å². The largest absolute Gasteiger partial charge is 0.479 e. The molecule has 48 heteroatoms. The van der Waals surface area contributed by atoms with Gasteiger partial charge in [0.25, 0.3) is 16.7 Å². The van der Waals surface area contributed by atoms with Gasteiger partial charge < -0.3 is 95.1 Å². The fourth-order valence-corrected chi connectivity index (χ4v) is 20.6. The van der Waals surface area contributed by atoms with Gasteiger partial charge in [-0.25, -0.2) is 34.9 Å². The number of rotatable bonds is 32. The minimum atomic E-state index is -1.27. The Bertz CT molecular complexity index is 6040. The van der Waals surface area contributed by atoms with Crippen LogP contribution in [-0.2, 0) is 23.7 Å².